The van der Waals surface area contributed by atoms with Crippen molar-refractivity contribution < 1.29 is 9.53 Å². The summed E-state index contributed by atoms with van der Waals surface area (Å²) in [4.78, 5) is 14.3. The highest BCUT2D eigenvalue weighted by Crippen LogP contribution is 2.26. The van der Waals surface area contributed by atoms with E-state index in [-0.39, 0.29) is 5.91 Å². The van der Waals surface area contributed by atoms with E-state index in [0.29, 0.717) is 13.1 Å². The molecular formula is C19H22N2O2. The number of anilines is 1. The highest BCUT2D eigenvalue weighted by Gasteiger charge is 2.20. The predicted octanol–water partition coefficient (Wildman–Crippen LogP) is 2.42. The third-order valence-electron chi connectivity index (χ3n) is 4.23. The number of rotatable bonds is 6. The van der Waals surface area contributed by atoms with Gasteiger partial charge in [0.25, 0.3) is 0 Å². The van der Waals surface area contributed by atoms with Gasteiger partial charge >= 0.3 is 0 Å². The van der Waals surface area contributed by atoms with Gasteiger partial charge in [-0.3, -0.25) is 4.79 Å². The molecule has 0 aromatic heterocycles. The van der Waals surface area contributed by atoms with E-state index in [2.05, 4.69) is 28.4 Å². The van der Waals surface area contributed by atoms with E-state index in [9.17, 15) is 4.79 Å². The molecule has 2 aromatic carbocycles. The molecule has 23 heavy (non-hydrogen) atoms. The molecule has 4 heteroatoms. The van der Waals surface area contributed by atoms with E-state index in [1.807, 2.05) is 30.3 Å². The van der Waals surface area contributed by atoms with Gasteiger partial charge in [0, 0.05) is 18.8 Å². The van der Waals surface area contributed by atoms with Crippen LogP contribution < -0.4 is 15.0 Å². The summed E-state index contributed by atoms with van der Waals surface area (Å²) in [6.07, 6.45) is 1.79. The quantitative estimate of drug-likeness (QED) is 0.891. The van der Waals surface area contributed by atoms with Gasteiger partial charge in [0.15, 0.2) is 0 Å². The molecule has 120 valence electrons. The van der Waals surface area contributed by atoms with Crippen molar-refractivity contribution >= 4 is 11.6 Å². The van der Waals surface area contributed by atoms with E-state index >= 15 is 0 Å². The molecule has 0 unspecified atom stereocenters. The summed E-state index contributed by atoms with van der Waals surface area (Å²) >= 11 is 0. The Kier molecular flexibility index (Phi) is 4.81. The maximum atomic E-state index is 12.2. The Morgan fingerprint density at radius 3 is 2.83 bits per heavy atom. The summed E-state index contributed by atoms with van der Waals surface area (Å²) in [7, 11) is 1.67. The van der Waals surface area contributed by atoms with Gasteiger partial charge in [-0.25, -0.2) is 0 Å². The monoisotopic (exact) mass is 310 g/mol. The van der Waals surface area contributed by atoms with Crippen molar-refractivity contribution in [3.05, 3.63) is 59.7 Å². The maximum absolute atomic E-state index is 12.2. The number of fused-ring (bicyclic) bond motifs is 1. The molecule has 1 N–H and O–H groups in total. The lowest BCUT2D eigenvalue weighted by Crippen LogP contribution is -2.37. The first-order chi connectivity index (χ1) is 11.3. The van der Waals surface area contributed by atoms with Crippen LogP contribution in [0.4, 0.5) is 5.69 Å². The molecule has 4 nitrogen and oxygen atoms in total. The van der Waals surface area contributed by atoms with Crippen molar-refractivity contribution in [2.75, 3.05) is 31.6 Å². The molecule has 0 saturated carbocycles. The molecule has 0 radical (unpaired) electrons. The first-order valence-electron chi connectivity index (χ1n) is 7.99. The molecule has 0 spiro atoms. The van der Waals surface area contributed by atoms with Crippen LogP contribution in [-0.2, 0) is 17.6 Å². The minimum Gasteiger partial charge on any atom is -0.496 e. The molecule has 3 rings (SSSR count). The molecule has 0 atom stereocenters. The number of ether oxygens (including phenoxy) is 1. The summed E-state index contributed by atoms with van der Waals surface area (Å²) in [5, 5.41) is 3.00. The number of nitrogens with one attached hydrogen (secondary N) is 1. The molecule has 2 aromatic rings. The lowest BCUT2D eigenvalue weighted by Gasteiger charge is -2.18. The minimum atomic E-state index is 0.0663. The van der Waals surface area contributed by atoms with Gasteiger partial charge in [-0.15, -0.1) is 0 Å². The number of carbonyl (C=O) groups excluding carboxylic acids is 1. The number of benzene rings is 2. The second-order valence-corrected chi connectivity index (χ2v) is 5.71. The Labute approximate surface area is 137 Å². The first kappa shape index (κ1) is 15.4. The average Bonchev–Trinajstić information content (AvgIpc) is 2.98. The van der Waals surface area contributed by atoms with Crippen molar-refractivity contribution in [1.82, 2.24) is 5.32 Å². The van der Waals surface area contributed by atoms with Crippen molar-refractivity contribution in [2.45, 2.75) is 12.8 Å². The Morgan fingerprint density at radius 2 is 1.96 bits per heavy atom. The van der Waals surface area contributed by atoms with Crippen LogP contribution in [-0.4, -0.2) is 32.7 Å². The summed E-state index contributed by atoms with van der Waals surface area (Å²) in [6, 6.07) is 16.2. The standard InChI is InChI=1S/C19H22N2O2/c1-23-18-9-5-3-7-16(18)10-12-20-19(22)14-21-13-11-15-6-2-4-8-17(15)21/h2-9H,10-14H2,1H3,(H,20,22). The topological polar surface area (TPSA) is 41.6 Å². The second-order valence-electron chi connectivity index (χ2n) is 5.71. The van der Waals surface area contributed by atoms with Crippen LogP contribution in [0.2, 0.25) is 0 Å². The first-order valence-corrected chi connectivity index (χ1v) is 7.99. The van der Waals surface area contributed by atoms with Gasteiger partial charge < -0.3 is 15.0 Å². The smallest absolute Gasteiger partial charge is 0.239 e. The molecule has 1 heterocycles. The Bertz CT molecular complexity index is 685. The van der Waals surface area contributed by atoms with Crippen LogP contribution >= 0.6 is 0 Å². The predicted molar refractivity (Wildman–Crippen MR) is 92.1 cm³/mol. The Balaban J connectivity index is 1.49. The van der Waals surface area contributed by atoms with Crippen molar-refractivity contribution in [1.29, 1.82) is 0 Å². The number of nitrogens with zero attached hydrogens (tertiary/aromatic N) is 1. The second kappa shape index (κ2) is 7.18. The van der Waals surface area contributed by atoms with Crippen molar-refractivity contribution in [2.24, 2.45) is 0 Å². The summed E-state index contributed by atoms with van der Waals surface area (Å²) in [6.45, 7) is 1.96. The zero-order chi connectivity index (χ0) is 16.1. The minimum absolute atomic E-state index is 0.0663. The van der Waals surface area contributed by atoms with Crippen molar-refractivity contribution in [3.8, 4) is 5.75 Å². The largest absolute Gasteiger partial charge is 0.496 e. The summed E-state index contributed by atoms with van der Waals surface area (Å²) in [5.41, 5.74) is 3.63. The molecule has 0 fully saturated rings. The lowest BCUT2D eigenvalue weighted by molar-refractivity contribution is -0.119. The number of hydrogen-bond donors (Lipinski definition) is 1. The third kappa shape index (κ3) is 3.65. The van der Waals surface area contributed by atoms with Crippen LogP contribution in [0.3, 0.4) is 0 Å². The normalized spacial score (nSPS) is 12.8. The third-order valence-corrected chi connectivity index (χ3v) is 4.23. The fourth-order valence-electron chi connectivity index (χ4n) is 3.05. The molecule has 0 saturated heterocycles. The molecule has 0 aliphatic carbocycles. The van der Waals surface area contributed by atoms with Crippen LogP contribution in [0.25, 0.3) is 0 Å². The molecule has 1 aliphatic heterocycles. The number of hydrogen-bond acceptors (Lipinski definition) is 3. The number of methoxy groups -OCH3 is 1. The Hall–Kier alpha value is -2.49. The van der Waals surface area contributed by atoms with Crippen LogP contribution in [0.5, 0.6) is 5.75 Å². The lowest BCUT2D eigenvalue weighted by atomic mass is 10.1. The van der Waals surface area contributed by atoms with Gasteiger partial charge in [-0.2, -0.15) is 0 Å². The van der Waals surface area contributed by atoms with E-state index < -0.39 is 0 Å². The zero-order valence-corrected chi connectivity index (χ0v) is 13.4. The van der Waals surface area contributed by atoms with Crippen LogP contribution in [0.1, 0.15) is 11.1 Å². The highest BCUT2D eigenvalue weighted by atomic mass is 16.5. The SMILES string of the molecule is COc1ccccc1CCNC(=O)CN1CCc2ccccc21. The van der Waals surface area contributed by atoms with Crippen LogP contribution in [0, 0.1) is 0 Å². The van der Waals surface area contributed by atoms with Gasteiger partial charge in [0.2, 0.25) is 5.91 Å². The molecule has 0 bridgehead atoms. The summed E-state index contributed by atoms with van der Waals surface area (Å²) in [5.74, 6) is 0.937. The zero-order valence-electron chi connectivity index (χ0n) is 13.4. The van der Waals surface area contributed by atoms with E-state index in [1.165, 1.54) is 11.3 Å². The molecule has 1 amide bonds. The van der Waals surface area contributed by atoms with Crippen molar-refractivity contribution in [3.63, 3.8) is 0 Å². The Morgan fingerprint density at radius 1 is 1.17 bits per heavy atom. The summed E-state index contributed by atoms with van der Waals surface area (Å²) < 4.78 is 5.33. The fourth-order valence-corrected chi connectivity index (χ4v) is 3.05. The van der Waals surface area contributed by atoms with E-state index in [1.54, 1.807) is 7.11 Å². The number of amides is 1. The van der Waals surface area contributed by atoms with E-state index in [4.69, 9.17) is 4.74 Å². The van der Waals surface area contributed by atoms with Gasteiger partial charge in [0.05, 0.1) is 13.7 Å². The maximum Gasteiger partial charge on any atom is 0.239 e. The fraction of sp³-hybridized carbons (Fsp3) is 0.316. The number of para-hydroxylation sites is 2. The molecular weight excluding hydrogens is 288 g/mol. The van der Waals surface area contributed by atoms with Gasteiger partial charge in [0.1, 0.15) is 5.75 Å². The molecule has 1 aliphatic rings. The number of carbonyl (C=O) groups is 1. The van der Waals surface area contributed by atoms with Gasteiger partial charge in [-0.05, 0) is 36.1 Å². The van der Waals surface area contributed by atoms with Gasteiger partial charge in [-0.1, -0.05) is 36.4 Å². The average molecular weight is 310 g/mol. The van der Waals surface area contributed by atoms with Crippen LogP contribution in [0.15, 0.2) is 48.5 Å². The highest BCUT2D eigenvalue weighted by molar-refractivity contribution is 5.82. The van der Waals surface area contributed by atoms with E-state index in [0.717, 1.165) is 30.7 Å².